The molecule has 0 aliphatic rings. The normalized spacial score (nSPS) is 11.1. The molecule has 6 aromatic rings. The molecule has 0 unspecified atom stereocenters. The Hall–Kier alpha value is -6.80. The van der Waals surface area contributed by atoms with Crippen molar-refractivity contribution in [3.63, 3.8) is 0 Å². The Morgan fingerprint density at radius 2 is 0.792 bits per heavy atom. The van der Waals surface area contributed by atoms with Gasteiger partial charge in [0.2, 0.25) is 0 Å². The molecule has 0 radical (unpaired) electrons. The molecule has 0 aliphatic heterocycles. The Morgan fingerprint density at radius 3 is 1.13 bits per heavy atom. The standard InChI is InChI=1S/C45H38N2O6/c1-3-50-40-25-13-36(14-26-40)44(48)52-42-21-9-34(10-22-42)30-46-38-17-5-32(6-18-38)29-33-7-19-39(20-8-33)47-31-35-11-23-43(24-12-35)53-45(49)37-15-27-41(28-16-37)51-4-2/h5-28,30-31H,3-4,29H2,1-2H3. The van der Waals surface area contributed by atoms with E-state index in [1.807, 2.05) is 62.4 Å². The lowest BCUT2D eigenvalue weighted by molar-refractivity contribution is 0.0725. The first-order valence-corrected chi connectivity index (χ1v) is 17.3. The van der Waals surface area contributed by atoms with E-state index >= 15 is 0 Å². The highest BCUT2D eigenvalue weighted by Gasteiger charge is 2.10. The van der Waals surface area contributed by atoms with Gasteiger partial charge in [0.15, 0.2) is 0 Å². The van der Waals surface area contributed by atoms with Crippen LogP contribution in [0.2, 0.25) is 0 Å². The van der Waals surface area contributed by atoms with Crippen molar-refractivity contribution in [3.05, 3.63) is 179 Å². The molecule has 8 nitrogen and oxygen atoms in total. The van der Waals surface area contributed by atoms with Gasteiger partial charge < -0.3 is 18.9 Å². The highest BCUT2D eigenvalue weighted by Crippen LogP contribution is 2.21. The number of hydrogen-bond donors (Lipinski definition) is 0. The van der Waals surface area contributed by atoms with E-state index < -0.39 is 11.9 Å². The van der Waals surface area contributed by atoms with E-state index in [1.165, 1.54) is 11.1 Å². The molecule has 8 heteroatoms. The summed E-state index contributed by atoms with van der Waals surface area (Å²) in [6.07, 6.45) is 4.34. The Labute approximate surface area is 309 Å². The molecule has 0 fully saturated rings. The summed E-state index contributed by atoms with van der Waals surface area (Å²) in [7, 11) is 0. The predicted octanol–water partition coefficient (Wildman–Crippen LogP) is 10.0. The molecule has 0 bridgehead atoms. The van der Waals surface area contributed by atoms with E-state index in [1.54, 1.807) is 85.2 Å². The second-order valence-corrected chi connectivity index (χ2v) is 11.9. The van der Waals surface area contributed by atoms with Crippen LogP contribution in [-0.4, -0.2) is 37.6 Å². The van der Waals surface area contributed by atoms with E-state index in [2.05, 4.69) is 34.3 Å². The molecule has 0 aromatic heterocycles. The summed E-state index contributed by atoms with van der Waals surface area (Å²) in [5.74, 6) is 1.47. The van der Waals surface area contributed by atoms with E-state index in [0.717, 1.165) is 28.9 Å². The van der Waals surface area contributed by atoms with Crippen LogP contribution in [0.15, 0.2) is 156 Å². The SMILES string of the molecule is CCOc1ccc(C(=O)Oc2ccc(C=Nc3ccc(Cc4ccc(N=Cc5ccc(OC(=O)c6ccc(OCC)cc6)cc5)cc4)cc3)cc2)cc1. The zero-order valence-corrected chi connectivity index (χ0v) is 29.5. The van der Waals surface area contributed by atoms with Gasteiger partial charge in [-0.3, -0.25) is 9.98 Å². The summed E-state index contributed by atoms with van der Waals surface area (Å²) in [5, 5.41) is 0. The maximum absolute atomic E-state index is 12.5. The lowest BCUT2D eigenvalue weighted by atomic mass is 10.0. The molecule has 0 amide bonds. The van der Waals surface area contributed by atoms with Crippen LogP contribution in [0.3, 0.4) is 0 Å². The lowest BCUT2D eigenvalue weighted by Crippen LogP contribution is -2.08. The Bertz CT molecular complexity index is 2000. The molecule has 0 N–H and O–H groups in total. The van der Waals surface area contributed by atoms with Gasteiger partial charge in [0.05, 0.1) is 35.7 Å². The largest absolute Gasteiger partial charge is 0.494 e. The van der Waals surface area contributed by atoms with Crippen LogP contribution in [0.25, 0.3) is 0 Å². The summed E-state index contributed by atoms with van der Waals surface area (Å²) in [6.45, 7) is 4.95. The minimum absolute atomic E-state index is 0.429. The van der Waals surface area contributed by atoms with Crippen LogP contribution >= 0.6 is 0 Å². The molecule has 0 aliphatic carbocycles. The van der Waals surface area contributed by atoms with Crippen molar-refractivity contribution in [2.75, 3.05) is 13.2 Å². The van der Waals surface area contributed by atoms with E-state index in [0.29, 0.717) is 47.3 Å². The third-order valence-corrected chi connectivity index (χ3v) is 7.99. The topological polar surface area (TPSA) is 95.8 Å². The summed E-state index contributed by atoms with van der Waals surface area (Å²) in [4.78, 5) is 34.2. The number of benzene rings is 6. The van der Waals surface area contributed by atoms with Crippen LogP contribution in [0.5, 0.6) is 23.0 Å². The number of aliphatic imine (C=N–C) groups is 2. The van der Waals surface area contributed by atoms with Gasteiger partial charge in [0.25, 0.3) is 0 Å². The average Bonchev–Trinajstić information content (AvgIpc) is 3.19. The predicted molar refractivity (Wildman–Crippen MR) is 208 cm³/mol. The fraction of sp³-hybridized carbons (Fsp3) is 0.111. The van der Waals surface area contributed by atoms with E-state index in [-0.39, 0.29) is 0 Å². The molecular formula is C45H38N2O6. The first-order valence-electron chi connectivity index (χ1n) is 17.3. The number of esters is 2. The summed E-state index contributed by atoms with van der Waals surface area (Å²) in [5.41, 5.74) is 6.68. The number of ether oxygens (including phenoxy) is 4. The van der Waals surface area contributed by atoms with Crippen molar-refractivity contribution >= 4 is 35.7 Å². The molecule has 6 rings (SSSR count). The second kappa shape index (κ2) is 17.9. The first-order chi connectivity index (χ1) is 25.9. The van der Waals surface area contributed by atoms with E-state index in [4.69, 9.17) is 18.9 Å². The molecule has 0 saturated carbocycles. The van der Waals surface area contributed by atoms with Gasteiger partial charge in [0, 0.05) is 12.4 Å². The quantitative estimate of drug-likeness (QED) is 0.0637. The van der Waals surface area contributed by atoms with Crippen molar-refractivity contribution in [3.8, 4) is 23.0 Å². The van der Waals surface area contributed by atoms with Crippen LogP contribution < -0.4 is 18.9 Å². The first kappa shape index (κ1) is 36.0. The number of rotatable bonds is 14. The van der Waals surface area contributed by atoms with Crippen LogP contribution in [0.4, 0.5) is 11.4 Å². The van der Waals surface area contributed by atoms with Gasteiger partial charge >= 0.3 is 11.9 Å². The third-order valence-electron chi connectivity index (χ3n) is 7.99. The van der Waals surface area contributed by atoms with Crippen molar-refractivity contribution < 1.29 is 28.5 Å². The van der Waals surface area contributed by atoms with Crippen molar-refractivity contribution in [1.82, 2.24) is 0 Å². The molecule has 264 valence electrons. The zero-order chi connectivity index (χ0) is 36.8. The van der Waals surface area contributed by atoms with Crippen molar-refractivity contribution in [2.45, 2.75) is 20.3 Å². The minimum atomic E-state index is -0.429. The summed E-state index contributed by atoms with van der Waals surface area (Å²) >= 11 is 0. The van der Waals surface area contributed by atoms with E-state index in [9.17, 15) is 9.59 Å². The summed E-state index contributed by atoms with van der Waals surface area (Å²) < 4.78 is 21.8. The number of nitrogens with zero attached hydrogens (tertiary/aromatic N) is 2. The van der Waals surface area contributed by atoms with Gasteiger partial charge in [-0.25, -0.2) is 9.59 Å². The van der Waals surface area contributed by atoms with Gasteiger partial charge in [0.1, 0.15) is 23.0 Å². The number of carbonyl (C=O) groups is 2. The molecule has 0 heterocycles. The molecule has 53 heavy (non-hydrogen) atoms. The van der Waals surface area contributed by atoms with Crippen LogP contribution in [0, 0.1) is 0 Å². The fourth-order valence-electron chi connectivity index (χ4n) is 5.22. The second-order valence-electron chi connectivity index (χ2n) is 11.9. The third kappa shape index (κ3) is 10.6. The Kier molecular flexibility index (Phi) is 12.2. The van der Waals surface area contributed by atoms with Gasteiger partial charge in [-0.2, -0.15) is 0 Å². The monoisotopic (exact) mass is 702 g/mol. The number of carbonyl (C=O) groups excluding carboxylic acids is 2. The smallest absolute Gasteiger partial charge is 0.343 e. The van der Waals surface area contributed by atoms with Crippen LogP contribution in [0.1, 0.15) is 56.8 Å². The number of hydrogen-bond acceptors (Lipinski definition) is 8. The zero-order valence-electron chi connectivity index (χ0n) is 29.5. The fourth-order valence-corrected chi connectivity index (χ4v) is 5.22. The maximum Gasteiger partial charge on any atom is 0.343 e. The average molecular weight is 703 g/mol. The van der Waals surface area contributed by atoms with Crippen molar-refractivity contribution in [2.24, 2.45) is 9.98 Å². The van der Waals surface area contributed by atoms with Crippen molar-refractivity contribution in [1.29, 1.82) is 0 Å². The minimum Gasteiger partial charge on any atom is -0.494 e. The maximum atomic E-state index is 12.5. The van der Waals surface area contributed by atoms with Gasteiger partial charge in [-0.1, -0.05) is 24.3 Å². The highest BCUT2D eigenvalue weighted by molar-refractivity contribution is 5.92. The molecule has 0 spiro atoms. The highest BCUT2D eigenvalue weighted by atomic mass is 16.5. The molecule has 0 saturated heterocycles. The Balaban J connectivity index is 0.954. The molecule has 0 atom stereocenters. The lowest BCUT2D eigenvalue weighted by Gasteiger charge is -2.06. The van der Waals surface area contributed by atoms with Gasteiger partial charge in [-0.05, 0) is 164 Å². The molecular weight excluding hydrogens is 665 g/mol. The van der Waals surface area contributed by atoms with Crippen LogP contribution in [-0.2, 0) is 6.42 Å². The van der Waals surface area contributed by atoms with Gasteiger partial charge in [-0.15, -0.1) is 0 Å². The molecule has 6 aromatic carbocycles. The Morgan fingerprint density at radius 1 is 0.453 bits per heavy atom. The summed E-state index contributed by atoms with van der Waals surface area (Å²) in [6, 6.07) is 44.4.